The minimum atomic E-state index is -0.432. The van der Waals surface area contributed by atoms with Crippen LogP contribution in [-0.2, 0) is 0 Å². The number of hydrogen-bond acceptors (Lipinski definition) is 5. The molecule has 3 aromatic rings. The minimum absolute atomic E-state index is 0.0632. The number of anilines is 1. The molecule has 2 amide bonds. The molecule has 0 aliphatic carbocycles. The van der Waals surface area contributed by atoms with Crippen LogP contribution in [0.5, 0.6) is 11.5 Å². The third kappa shape index (κ3) is 8.12. The zero-order chi connectivity index (χ0) is 25.3. The van der Waals surface area contributed by atoms with Gasteiger partial charge in [-0.1, -0.05) is 42.5 Å². The lowest BCUT2D eigenvalue weighted by Crippen LogP contribution is -2.41. The van der Waals surface area contributed by atoms with E-state index in [4.69, 9.17) is 21.7 Å². The fourth-order valence-electron chi connectivity index (χ4n) is 3.13. The van der Waals surface area contributed by atoms with Gasteiger partial charge in [0.15, 0.2) is 5.11 Å². The van der Waals surface area contributed by atoms with Gasteiger partial charge in [0.2, 0.25) is 0 Å². The molecule has 0 heterocycles. The van der Waals surface area contributed by atoms with Gasteiger partial charge in [-0.15, -0.1) is 0 Å². The summed E-state index contributed by atoms with van der Waals surface area (Å²) in [6.45, 7) is 6.29. The van der Waals surface area contributed by atoms with E-state index >= 15 is 0 Å². The van der Waals surface area contributed by atoms with Crippen LogP contribution in [0.4, 0.5) is 5.69 Å². The van der Waals surface area contributed by atoms with Gasteiger partial charge in [-0.05, 0) is 69.4 Å². The van der Waals surface area contributed by atoms with E-state index in [1.54, 1.807) is 48.5 Å². The number of hydrogen-bond donors (Lipinski definition) is 3. The highest BCUT2D eigenvalue weighted by atomic mass is 32.1. The van der Waals surface area contributed by atoms with Crippen LogP contribution in [0.2, 0.25) is 0 Å². The van der Waals surface area contributed by atoms with Crippen molar-refractivity contribution in [3.05, 3.63) is 90.0 Å². The van der Waals surface area contributed by atoms with Crippen molar-refractivity contribution in [2.45, 2.75) is 26.3 Å². The first-order valence-electron chi connectivity index (χ1n) is 11.2. The van der Waals surface area contributed by atoms with Gasteiger partial charge in [0.05, 0.1) is 16.8 Å². The van der Waals surface area contributed by atoms with Gasteiger partial charge in [0.1, 0.15) is 24.7 Å². The maximum absolute atomic E-state index is 12.9. The molecule has 0 saturated heterocycles. The van der Waals surface area contributed by atoms with Gasteiger partial charge in [0.25, 0.3) is 11.8 Å². The lowest BCUT2D eigenvalue weighted by Gasteiger charge is -2.22. The Bertz CT molecular complexity index is 1180. The highest BCUT2D eigenvalue weighted by molar-refractivity contribution is 7.80. The molecule has 182 valence electrons. The average molecular weight is 492 g/mol. The van der Waals surface area contributed by atoms with Crippen molar-refractivity contribution in [1.82, 2.24) is 10.6 Å². The van der Waals surface area contributed by atoms with E-state index in [0.29, 0.717) is 29.2 Å². The van der Waals surface area contributed by atoms with E-state index in [-0.39, 0.29) is 17.6 Å². The van der Waals surface area contributed by atoms with Gasteiger partial charge in [-0.3, -0.25) is 14.9 Å². The van der Waals surface area contributed by atoms with Crippen LogP contribution in [-0.4, -0.2) is 35.7 Å². The molecule has 0 spiro atoms. The van der Waals surface area contributed by atoms with Gasteiger partial charge >= 0.3 is 0 Å². The van der Waals surface area contributed by atoms with Crippen molar-refractivity contribution < 1.29 is 19.1 Å². The predicted octanol–water partition coefficient (Wildman–Crippen LogP) is 4.80. The van der Waals surface area contributed by atoms with Crippen molar-refractivity contribution in [3.63, 3.8) is 0 Å². The third-order valence-electron chi connectivity index (χ3n) is 4.62. The Balaban J connectivity index is 1.59. The molecule has 0 aliphatic rings. The SMILES string of the molecule is CC(C)(C)NC(=O)c1ccccc1NC(=S)NC(=O)c1ccccc1OCCOc1ccccc1. The minimum Gasteiger partial charge on any atom is -0.490 e. The molecule has 0 atom stereocenters. The van der Waals surface area contributed by atoms with Gasteiger partial charge in [-0.2, -0.15) is 0 Å². The molecule has 0 aliphatic heterocycles. The molecule has 3 aromatic carbocycles. The fraction of sp³-hybridized carbons (Fsp3) is 0.222. The smallest absolute Gasteiger partial charge is 0.261 e. The van der Waals surface area contributed by atoms with Crippen LogP contribution in [0.15, 0.2) is 78.9 Å². The Morgan fingerprint density at radius 1 is 0.771 bits per heavy atom. The zero-order valence-corrected chi connectivity index (χ0v) is 20.8. The third-order valence-corrected chi connectivity index (χ3v) is 4.82. The summed E-state index contributed by atoms with van der Waals surface area (Å²) in [4.78, 5) is 25.6. The predicted molar refractivity (Wildman–Crippen MR) is 141 cm³/mol. The summed E-state index contributed by atoms with van der Waals surface area (Å²) in [5.74, 6) is 0.481. The largest absolute Gasteiger partial charge is 0.490 e. The molecule has 0 fully saturated rings. The summed E-state index contributed by atoms with van der Waals surface area (Å²) in [6.07, 6.45) is 0. The number of carbonyl (C=O) groups is 2. The summed E-state index contributed by atoms with van der Waals surface area (Å²) in [7, 11) is 0. The van der Waals surface area contributed by atoms with E-state index in [1.165, 1.54) is 0 Å². The second kappa shape index (κ2) is 12.0. The molecule has 8 heteroatoms. The highest BCUT2D eigenvalue weighted by Crippen LogP contribution is 2.19. The van der Waals surface area contributed by atoms with Gasteiger partial charge in [-0.25, -0.2) is 0 Å². The van der Waals surface area contributed by atoms with Crippen LogP contribution in [0.25, 0.3) is 0 Å². The quantitative estimate of drug-likeness (QED) is 0.310. The van der Waals surface area contributed by atoms with Gasteiger partial charge in [0, 0.05) is 5.54 Å². The summed E-state index contributed by atoms with van der Waals surface area (Å²) >= 11 is 5.34. The zero-order valence-electron chi connectivity index (χ0n) is 20.0. The number of benzene rings is 3. The van der Waals surface area contributed by atoms with Crippen molar-refractivity contribution >= 4 is 34.8 Å². The molecule has 0 bridgehead atoms. The first kappa shape index (κ1) is 25.7. The number of para-hydroxylation sites is 3. The van der Waals surface area contributed by atoms with Crippen molar-refractivity contribution in [2.75, 3.05) is 18.5 Å². The van der Waals surface area contributed by atoms with Crippen LogP contribution in [0, 0.1) is 0 Å². The second-order valence-corrected chi connectivity index (χ2v) is 9.07. The lowest BCUT2D eigenvalue weighted by molar-refractivity contribution is 0.0919. The molecule has 3 N–H and O–H groups in total. The molecule has 7 nitrogen and oxygen atoms in total. The summed E-state index contributed by atoms with van der Waals surface area (Å²) < 4.78 is 11.4. The molecular formula is C27H29N3O4S. The Hall–Kier alpha value is -3.91. The normalized spacial score (nSPS) is 10.7. The van der Waals surface area contributed by atoms with E-state index in [0.717, 1.165) is 5.75 Å². The van der Waals surface area contributed by atoms with Gasteiger partial charge < -0.3 is 20.1 Å². The summed E-state index contributed by atoms with van der Waals surface area (Å²) in [6, 6.07) is 23.3. The number of nitrogens with one attached hydrogen (secondary N) is 3. The molecule has 3 rings (SSSR count). The van der Waals surface area contributed by atoms with Crippen molar-refractivity contribution in [2.24, 2.45) is 0 Å². The molecular weight excluding hydrogens is 462 g/mol. The molecule has 35 heavy (non-hydrogen) atoms. The summed E-state index contributed by atoms with van der Waals surface area (Å²) in [5.41, 5.74) is 0.841. The number of ether oxygens (including phenoxy) is 2. The summed E-state index contributed by atoms with van der Waals surface area (Å²) in [5, 5.41) is 8.58. The molecule has 0 saturated carbocycles. The standard InChI is InChI=1S/C27H29N3O4S/c1-27(2,3)30-25(32)20-13-7-9-15-22(20)28-26(35)29-24(31)21-14-8-10-16-23(21)34-18-17-33-19-11-5-4-6-12-19/h4-16H,17-18H2,1-3H3,(H,30,32)(H2,28,29,31,35). The van der Waals surface area contributed by atoms with Crippen molar-refractivity contribution in [1.29, 1.82) is 0 Å². The maximum Gasteiger partial charge on any atom is 0.261 e. The van der Waals surface area contributed by atoms with Crippen LogP contribution in [0.1, 0.15) is 41.5 Å². The number of rotatable bonds is 8. The van der Waals surface area contributed by atoms with Crippen LogP contribution in [0.3, 0.4) is 0 Å². The first-order valence-corrected chi connectivity index (χ1v) is 11.6. The molecule has 0 unspecified atom stereocenters. The average Bonchev–Trinajstić information content (AvgIpc) is 2.82. The monoisotopic (exact) mass is 491 g/mol. The second-order valence-electron chi connectivity index (χ2n) is 8.66. The number of thiocarbonyl (C=S) groups is 1. The Morgan fingerprint density at radius 2 is 1.37 bits per heavy atom. The number of carbonyl (C=O) groups excluding carboxylic acids is 2. The van der Waals surface area contributed by atoms with E-state index < -0.39 is 11.4 Å². The molecule has 0 aromatic heterocycles. The van der Waals surface area contributed by atoms with E-state index in [9.17, 15) is 9.59 Å². The lowest BCUT2D eigenvalue weighted by atomic mass is 10.1. The van der Waals surface area contributed by atoms with E-state index in [1.807, 2.05) is 51.1 Å². The van der Waals surface area contributed by atoms with Crippen molar-refractivity contribution in [3.8, 4) is 11.5 Å². The van der Waals surface area contributed by atoms with E-state index in [2.05, 4.69) is 16.0 Å². The van der Waals surface area contributed by atoms with Crippen LogP contribution >= 0.6 is 12.2 Å². The Kier molecular flexibility index (Phi) is 8.80. The first-order chi connectivity index (χ1) is 16.7. The highest BCUT2D eigenvalue weighted by Gasteiger charge is 2.19. The maximum atomic E-state index is 12.9. The molecule has 0 radical (unpaired) electrons. The topological polar surface area (TPSA) is 88.7 Å². The number of amides is 2. The van der Waals surface area contributed by atoms with Crippen LogP contribution < -0.4 is 25.4 Å². The Labute approximate surface area is 210 Å². The fourth-order valence-corrected chi connectivity index (χ4v) is 3.33. The Morgan fingerprint density at radius 3 is 2.09 bits per heavy atom.